The molecule has 4 rings (SSSR count). The summed E-state index contributed by atoms with van der Waals surface area (Å²) >= 11 is 1.47. The van der Waals surface area contributed by atoms with Crippen LogP contribution in [0.4, 0.5) is 5.13 Å². The summed E-state index contributed by atoms with van der Waals surface area (Å²) in [5.41, 5.74) is 4.34. The number of hydrogen-bond donors (Lipinski definition) is 1. The van der Waals surface area contributed by atoms with Gasteiger partial charge in [0.15, 0.2) is 16.8 Å². The van der Waals surface area contributed by atoms with Crippen LogP contribution in [0.3, 0.4) is 0 Å². The van der Waals surface area contributed by atoms with E-state index in [9.17, 15) is 4.79 Å². The number of anilines is 1. The Morgan fingerprint density at radius 2 is 2.00 bits per heavy atom. The molecule has 5 nitrogen and oxygen atoms in total. The summed E-state index contributed by atoms with van der Waals surface area (Å²) in [4.78, 5) is 20.9. The van der Waals surface area contributed by atoms with Crippen molar-refractivity contribution in [1.82, 2.24) is 9.97 Å². The van der Waals surface area contributed by atoms with Crippen LogP contribution in [-0.2, 0) is 11.2 Å². The number of oxazole rings is 1. The molecule has 0 fully saturated rings. The average Bonchev–Trinajstić information content (AvgIpc) is 3.28. The van der Waals surface area contributed by atoms with Gasteiger partial charge in [-0.1, -0.05) is 35.6 Å². The molecule has 0 spiro atoms. The van der Waals surface area contributed by atoms with Gasteiger partial charge in [-0.2, -0.15) is 0 Å². The van der Waals surface area contributed by atoms with Crippen molar-refractivity contribution in [2.75, 3.05) is 5.32 Å². The minimum Gasteiger partial charge on any atom is -0.441 e. The van der Waals surface area contributed by atoms with Gasteiger partial charge in [0.05, 0.1) is 16.4 Å². The number of nitrogens with one attached hydrogen (secondary N) is 1. The Hall–Kier alpha value is -2.99. The Morgan fingerprint density at radius 3 is 2.81 bits per heavy atom. The third-order valence-electron chi connectivity index (χ3n) is 4.45. The molecule has 0 aliphatic heterocycles. The highest BCUT2D eigenvalue weighted by Crippen LogP contribution is 2.26. The molecular weight excluding hydrogens is 358 g/mol. The molecule has 0 saturated heterocycles. The summed E-state index contributed by atoms with van der Waals surface area (Å²) in [6.07, 6.45) is 2.45. The highest BCUT2D eigenvalue weighted by Gasteiger charge is 2.11. The van der Waals surface area contributed by atoms with E-state index in [0.29, 0.717) is 23.9 Å². The van der Waals surface area contributed by atoms with Gasteiger partial charge in [-0.3, -0.25) is 4.79 Å². The van der Waals surface area contributed by atoms with Crippen molar-refractivity contribution in [3.05, 3.63) is 65.7 Å². The minimum absolute atomic E-state index is 0.0972. The zero-order chi connectivity index (χ0) is 18.8. The largest absolute Gasteiger partial charge is 0.441 e. The highest BCUT2D eigenvalue weighted by atomic mass is 32.1. The van der Waals surface area contributed by atoms with Crippen molar-refractivity contribution in [3.63, 3.8) is 0 Å². The first-order valence-corrected chi connectivity index (χ1v) is 9.58. The van der Waals surface area contributed by atoms with Crippen LogP contribution >= 0.6 is 11.3 Å². The van der Waals surface area contributed by atoms with Gasteiger partial charge in [-0.25, -0.2) is 9.97 Å². The maximum Gasteiger partial charge on any atom is 0.226 e. The second-order valence-corrected chi connectivity index (χ2v) is 7.48. The molecule has 0 atom stereocenters. The van der Waals surface area contributed by atoms with Gasteiger partial charge in [0.25, 0.3) is 0 Å². The standard InChI is InChI=1S/C21H19N3O2S/c1-13-7-8-15(11-14(13)2)17-12-22-20(26-17)10-9-19(25)24-21-23-16-5-3-4-6-18(16)27-21/h3-8,11-12H,9-10H2,1-2H3,(H,23,24,25). The number of benzene rings is 2. The molecule has 0 unspecified atom stereocenters. The molecule has 1 N–H and O–H groups in total. The fourth-order valence-electron chi connectivity index (χ4n) is 2.78. The second kappa shape index (κ2) is 7.32. The van der Waals surface area contributed by atoms with Crippen LogP contribution < -0.4 is 5.32 Å². The van der Waals surface area contributed by atoms with Crippen molar-refractivity contribution < 1.29 is 9.21 Å². The zero-order valence-electron chi connectivity index (χ0n) is 15.2. The number of rotatable bonds is 5. The third-order valence-corrected chi connectivity index (χ3v) is 5.40. The van der Waals surface area contributed by atoms with Crippen LogP contribution in [0.2, 0.25) is 0 Å². The number of carbonyl (C=O) groups excluding carboxylic acids is 1. The highest BCUT2D eigenvalue weighted by molar-refractivity contribution is 7.22. The zero-order valence-corrected chi connectivity index (χ0v) is 16.0. The fourth-order valence-corrected chi connectivity index (χ4v) is 3.66. The lowest BCUT2D eigenvalue weighted by Gasteiger charge is -2.02. The summed E-state index contributed by atoms with van der Waals surface area (Å²) in [5.74, 6) is 1.18. The van der Waals surface area contributed by atoms with Crippen molar-refractivity contribution in [2.45, 2.75) is 26.7 Å². The van der Waals surface area contributed by atoms with Gasteiger partial charge in [-0.05, 0) is 43.2 Å². The van der Waals surface area contributed by atoms with E-state index in [2.05, 4.69) is 41.3 Å². The monoisotopic (exact) mass is 377 g/mol. The van der Waals surface area contributed by atoms with Crippen LogP contribution in [0.15, 0.2) is 53.1 Å². The number of fused-ring (bicyclic) bond motifs is 1. The van der Waals surface area contributed by atoms with E-state index in [4.69, 9.17) is 4.42 Å². The Labute approximate surface area is 161 Å². The number of para-hydroxylation sites is 1. The Balaban J connectivity index is 1.37. The van der Waals surface area contributed by atoms with Crippen molar-refractivity contribution in [3.8, 4) is 11.3 Å². The topological polar surface area (TPSA) is 68.0 Å². The van der Waals surface area contributed by atoms with Crippen LogP contribution in [0.5, 0.6) is 0 Å². The van der Waals surface area contributed by atoms with Crippen molar-refractivity contribution in [1.29, 1.82) is 0 Å². The van der Waals surface area contributed by atoms with E-state index < -0.39 is 0 Å². The predicted octanol–water partition coefficient (Wildman–Crippen LogP) is 5.14. The van der Waals surface area contributed by atoms with Gasteiger partial charge in [-0.15, -0.1) is 0 Å². The van der Waals surface area contributed by atoms with Crippen molar-refractivity contribution >= 4 is 32.6 Å². The molecule has 27 heavy (non-hydrogen) atoms. The lowest BCUT2D eigenvalue weighted by Crippen LogP contribution is -2.12. The summed E-state index contributed by atoms with van der Waals surface area (Å²) in [5, 5.41) is 3.47. The molecule has 0 saturated carbocycles. The molecule has 2 aromatic heterocycles. The predicted molar refractivity (Wildman–Crippen MR) is 108 cm³/mol. The van der Waals surface area contributed by atoms with E-state index in [1.54, 1.807) is 6.20 Å². The van der Waals surface area contributed by atoms with E-state index >= 15 is 0 Å². The molecule has 1 amide bonds. The van der Waals surface area contributed by atoms with Crippen LogP contribution in [0.25, 0.3) is 21.5 Å². The quantitative estimate of drug-likeness (QED) is 0.523. The van der Waals surface area contributed by atoms with Gasteiger partial charge in [0.1, 0.15) is 0 Å². The molecular formula is C21H19N3O2S. The van der Waals surface area contributed by atoms with Gasteiger partial charge >= 0.3 is 0 Å². The van der Waals surface area contributed by atoms with Crippen LogP contribution in [0.1, 0.15) is 23.4 Å². The molecule has 6 heteroatoms. The minimum atomic E-state index is -0.0972. The normalized spacial score (nSPS) is 11.0. The number of thiazole rings is 1. The van der Waals surface area contributed by atoms with Gasteiger partial charge in [0, 0.05) is 18.4 Å². The summed E-state index contributed by atoms with van der Waals surface area (Å²) in [6.45, 7) is 4.15. The molecule has 0 bridgehead atoms. The number of hydrogen-bond acceptors (Lipinski definition) is 5. The molecule has 4 aromatic rings. The number of aryl methyl sites for hydroxylation is 3. The van der Waals surface area contributed by atoms with E-state index in [-0.39, 0.29) is 5.91 Å². The molecule has 2 aromatic carbocycles. The van der Waals surface area contributed by atoms with Crippen LogP contribution in [0, 0.1) is 13.8 Å². The van der Waals surface area contributed by atoms with E-state index in [1.165, 1.54) is 22.5 Å². The third kappa shape index (κ3) is 3.90. The first kappa shape index (κ1) is 17.4. The van der Waals surface area contributed by atoms with Gasteiger partial charge < -0.3 is 9.73 Å². The van der Waals surface area contributed by atoms with E-state index in [0.717, 1.165) is 21.5 Å². The molecule has 136 valence electrons. The average molecular weight is 377 g/mol. The lowest BCUT2D eigenvalue weighted by molar-refractivity contribution is -0.116. The fraction of sp³-hybridized carbons (Fsp3) is 0.190. The van der Waals surface area contributed by atoms with Gasteiger partial charge in [0.2, 0.25) is 5.91 Å². The second-order valence-electron chi connectivity index (χ2n) is 6.45. The molecule has 0 aliphatic rings. The smallest absolute Gasteiger partial charge is 0.226 e. The van der Waals surface area contributed by atoms with Crippen molar-refractivity contribution in [2.24, 2.45) is 0 Å². The maximum atomic E-state index is 12.2. The molecule has 0 radical (unpaired) electrons. The molecule has 0 aliphatic carbocycles. The number of amides is 1. The first-order valence-electron chi connectivity index (χ1n) is 8.76. The number of carbonyl (C=O) groups is 1. The SMILES string of the molecule is Cc1ccc(-c2cnc(CCC(=O)Nc3nc4ccccc4s3)o2)cc1C. The number of aromatic nitrogens is 2. The maximum absolute atomic E-state index is 12.2. The number of nitrogens with zero attached hydrogens (tertiary/aromatic N) is 2. The van der Waals surface area contributed by atoms with E-state index in [1.807, 2.05) is 30.3 Å². The summed E-state index contributed by atoms with van der Waals surface area (Å²) < 4.78 is 6.86. The Kier molecular flexibility index (Phi) is 4.73. The lowest BCUT2D eigenvalue weighted by atomic mass is 10.1. The Bertz CT molecular complexity index is 1080. The van der Waals surface area contributed by atoms with Crippen LogP contribution in [-0.4, -0.2) is 15.9 Å². The Morgan fingerprint density at radius 1 is 1.15 bits per heavy atom. The first-order chi connectivity index (χ1) is 13.1. The summed E-state index contributed by atoms with van der Waals surface area (Å²) in [6, 6.07) is 14.0. The molecule has 2 heterocycles. The summed E-state index contributed by atoms with van der Waals surface area (Å²) in [7, 11) is 0.